The van der Waals surface area contributed by atoms with Gasteiger partial charge in [-0.1, -0.05) is 42.5 Å². The third-order valence-corrected chi connectivity index (χ3v) is 5.85. The first-order valence-electron chi connectivity index (χ1n) is 11.2. The van der Waals surface area contributed by atoms with Crippen LogP contribution in [0.5, 0.6) is 0 Å². The molecule has 2 radical (unpaired) electrons. The van der Waals surface area contributed by atoms with Gasteiger partial charge in [0.2, 0.25) is 11.9 Å². The van der Waals surface area contributed by atoms with E-state index in [4.69, 9.17) is 0 Å². The van der Waals surface area contributed by atoms with Gasteiger partial charge in [-0.25, -0.2) is 4.98 Å². The second-order valence-electron chi connectivity index (χ2n) is 8.12. The van der Waals surface area contributed by atoms with E-state index in [1.807, 2.05) is 53.4 Å². The van der Waals surface area contributed by atoms with Crippen LogP contribution in [-0.2, 0) is 11.2 Å². The van der Waals surface area contributed by atoms with Gasteiger partial charge in [-0.15, -0.1) is 0 Å². The second-order valence-corrected chi connectivity index (χ2v) is 8.12. The number of aromatic nitrogens is 2. The second kappa shape index (κ2) is 9.27. The fraction of sp³-hybridized carbons (Fsp3) is 0.222. The molecule has 1 aliphatic rings. The fourth-order valence-electron chi connectivity index (χ4n) is 4.18. The molecule has 0 unspecified atom stereocenters. The number of hydrogen-bond acceptors (Lipinski definition) is 3. The highest BCUT2D eigenvalue weighted by Gasteiger charge is 2.21. The Hall–Kier alpha value is -3.60. The molecule has 0 fully saturated rings. The van der Waals surface area contributed by atoms with E-state index in [2.05, 4.69) is 46.0 Å². The van der Waals surface area contributed by atoms with Gasteiger partial charge < -0.3 is 15.2 Å². The minimum absolute atomic E-state index is 0.198. The van der Waals surface area contributed by atoms with Crippen LogP contribution in [0.15, 0.2) is 72.8 Å². The van der Waals surface area contributed by atoms with E-state index < -0.39 is 0 Å². The number of anilines is 3. The lowest BCUT2D eigenvalue weighted by Gasteiger charge is -2.23. The van der Waals surface area contributed by atoms with Gasteiger partial charge in [0.05, 0.1) is 11.0 Å². The summed E-state index contributed by atoms with van der Waals surface area (Å²) in [6.07, 6.45) is 7.59. The van der Waals surface area contributed by atoms with Gasteiger partial charge >= 0.3 is 0 Å². The van der Waals surface area contributed by atoms with Crippen molar-refractivity contribution in [3.63, 3.8) is 0 Å². The van der Waals surface area contributed by atoms with Crippen molar-refractivity contribution in [2.75, 3.05) is 16.8 Å². The summed E-state index contributed by atoms with van der Waals surface area (Å²) in [7, 11) is 0. The first-order chi connectivity index (χ1) is 15.8. The topological polar surface area (TPSA) is 61.0 Å². The Bertz CT molecular complexity index is 1180. The van der Waals surface area contributed by atoms with Gasteiger partial charge in [-0.3, -0.25) is 4.79 Å². The molecule has 5 rings (SSSR count). The Labute approximate surface area is 188 Å². The van der Waals surface area contributed by atoms with E-state index in [0.717, 1.165) is 59.7 Å². The number of fused-ring (bicyclic) bond motifs is 2. The minimum atomic E-state index is 0.198. The van der Waals surface area contributed by atoms with Crippen molar-refractivity contribution in [3.8, 4) is 0 Å². The zero-order valence-electron chi connectivity index (χ0n) is 18.0. The van der Waals surface area contributed by atoms with Crippen LogP contribution < -0.4 is 10.2 Å². The molecular weight excluding hydrogens is 396 g/mol. The van der Waals surface area contributed by atoms with Crippen LogP contribution in [-0.4, -0.2) is 22.4 Å². The number of amides is 1. The van der Waals surface area contributed by atoms with Crippen molar-refractivity contribution in [3.05, 3.63) is 90.3 Å². The molecule has 1 amide bonds. The van der Waals surface area contributed by atoms with E-state index >= 15 is 0 Å². The van der Waals surface area contributed by atoms with Crippen LogP contribution in [0.3, 0.4) is 0 Å². The highest BCUT2D eigenvalue weighted by atomic mass is 16.2. The third-order valence-electron chi connectivity index (χ3n) is 5.85. The SMILES string of the molecule is O=C1CC[C]c2ccccc2N1CCCCc1ccc(Nc2nc3ccccc3[nH]2)cc1. The number of para-hydroxylation sites is 3. The molecular formula is C27H26N4O. The molecule has 1 aromatic heterocycles. The molecule has 0 spiro atoms. The maximum atomic E-state index is 12.6. The average molecular weight is 423 g/mol. The molecule has 0 bridgehead atoms. The quantitative estimate of drug-likeness (QED) is 0.365. The molecule has 4 aromatic rings. The lowest BCUT2D eigenvalue weighted by atomic mass is 10.1. The molecule has 32 heavy (non-hydrogen) atoms. The van der Waals surface area contributed by atoms with Crippen molar-refractivity contribution in [1.29, 1.82) is 0 Å². The van der Waals surface area contributed by atoms with E-state index in [-0.39, 0.29) is 5.91 Å². The Morgan fingerprint density at radius 3 is 2.66 bits per heavy atom. The molecule has 1 aliphatic heterocycles. The van der Waals surface area contributed by atoms with Crippen LogP contribution in [0.1, 0.15) is 36.8 Å². The molecule has 0 aliphatic carbocycles. The van der Waals surface area contributed by atoms with Crippen molar-refractivity contribution in [2.24, 2.45) is 0 Å². The van der Waals surface area contributed by atoms with Gasteiger partial charge in [-0.2, -0.15) is 0 Å². The predicted octanol–water partition coefficient (Wildman–Crippen LogP) is 5.89. The number of nitrogens with zero attached hydrogens (tertiary/aromatic N) is 2. The maximum Gasteiger partial charge on any atom is 0.227 e. The summed E-state index contributed by atoms with van der Waals surface area (Å²) in [4.78, 5) is 22.3. The molecule has 160 valence electrons. The van der Waals surface area contributed by atoms with E-state index in [9.17, 15) is 4.79 Å². The van der Waals surface area contributed by atoms with Crippen molar-refractivity contribution in [2.45, 2.75) is 32.1 Å². The van der Waals surface area contributed by atoms with Gasteiger partial charge in [-0.05, 0) is 67.1 Å². The molecule has 5 nitrogen and oxygen atoms in total. The number of rotatable bonds is 7. The molecule has 2 heterocycles. The summed E-state index contributed by atoms with van der Waals surface area (Å²) in [5, 5.41) is 3.33. The molecule has 0 saturated heterocycles. The summed E-state index contributed by atoms with van der Waals surface area (Å²) in [6, 6.07) is 24.5. The summed E-state index contributed by atoms with van der Waals surface area (Å²) in [6.45, 7) is 0.753. The first-order valence-corrected chi connectivity index (χ1v) is 11.2. The largest absolute Gasteiger partial charge is 0.326 e. The third kappa shape index (κ3) is 4.52. The van der Waals surface area contributed by atoms with Crippen LogP contribution in [0.25, 0.3) is 11.0 Å². The van der Waals surface area contributed by atoms with Crippen LogP contribution in [0.4, 0.5) is 17.3 Å². The number of imidazole rings is 1. The summed E-state index contributed by atoms with van der Waals surface area (Å²) < 4.78 is 0. The number of aromatic amines is 1. The average Bonchev–Trinajstić information content (AvgIpc) is 3.15. The Morgan fingerprint density at radius 2 is 1.78 bits per heavy atom. The van der Waals surface area contributed by atoms with E-state index in [1.165, 1.54) is 5.56 Å². The summed E-state index contributed by atoms with van der Waals surface area (Å²) >= 11 is 0. The number of hydrogen-bond donors (Lipinski definition) is 2. The van der Waals surface area contributed by atoms with Gasteiger partial charge in [0.1, 0.15) is 0 Å². The Balaban J connectivity index is 1.14. The van der Waals surface area contributed by atoms with Crippen molar-refractivity contribution >= 4 is 34.3 Å². The summed E-state index contributed by atoms with van der Waals surface area (Å²) in [5.41, 5.74) is 6.32. The minimum Gasteiger partial charge on any atom is -0.326 e. The molecule has 0 saturated carbocycles. The highest BCUT2D eigenvalue weighted by molar-refractivity contribution is 5.95. The van der Waals surface area contributed by atoms with E-state index in [0.29, 0.717) is 12.8 Å². The molecule has 2 N–H and O–H groups in total. The lowest BCUT2D eigenvalue weighted by Crippen LogP contribution is -2.31. The van der Waals surface area contributed by atoms with Crippen molar-refractivity contribution in [1.82, 2.24) is 9.97 Å². The predicted molar refractivity (Wildman–Crippen MR) is 129 cm³/mol. The van der Waals surface area contributed by atoms with Crippen LogP contribution in [0.2, 0.25) is 0 Å². The van der Waals surface area contributed by atoms with E-state index in [1.54, 1.807) is 0 Å². The standard InChI is InChI=1S/C27H26N4O/c32-26-14-7-10-21-9-1-4-13-25(21)31(26)19-6-5-8-20-15-17-22(18-16-20)28-27-29-23-11-2-3-12-24(23)30-27/h1-4,9,11-13,15-18H,5-8,14,19H2,(H2,28,29,30). The van der Waals surface area contributed by atoms with Gasteiger partial charge in [0, 0.05) is 30.8 Å². The van der Waals surface area contributed by atoms with Crippen LogP contribution in [0, 0.1) is 6.42 Å². The number of carbonyl (C=O) groups is 1. The van der Waals surface area contributed by atoms with Gasteiger partial charge in [0.25, 0.3) is 0 Å². The van der Waals surface area contributed by atoms with Crippen molar-refractivity contribution < 1.29 is 4.79 Å². The maximum absolute atomic E-state index is 12.6. The highest BCUT2D eigenvalue weighted by Crippen LogP contribution is 2.28. The zero-order chi connectivity index (χ0) is 21.8. The number of benzene rings is 3. The normalized spacial score (nSPS) is 13.8. The Morgan fingerprint density at radius 1 is 0.969 bits per heavy atom. The first kappa shape index (κ1) is 20.3. The number of carbonyl (C=O) groups excluding carboxylic acids is 1. The van der Waals surface area contributed by atoms with Crippen LogP contribution >= 0.6 is 0 Å². The number of unbranched alkanes of at least 4 members (excludes halogenated alkanes) is 1. The molecule has 5 heteroatoms. The lowest BCUT2D eigenvalue weighted by molar-refractivity contribution is -0.118. The number of aryl methyl sites for hydroxylation is 1. The van der Waals surface area contributed by atoms with Gasteiger partial charge in [0.15, 0.2) is 0 Å². The summed E-state index contributed by atoms with van der Waals surface area (Å²) in [5.74, 6) is 0.944. The smallest absolute Gasteiger partial charge is 0.227 e. The molecule has 3 aromatic carbocycles. The monoisotopic (exact) mass is 422 g/mol. The zero-order valence-corrected chi connectivity index (χ0v) is 18.0. The molecule has 0 atom stereocenters. The number of H-pyrrole nitrogens is 1. The fourth-order valence-corrected chi connectivity index (χ4v) is 4.18. The number of nitrogens with one attached hydrogen (secondary N) is 2. The Kier molecular flexibility index (Phi) is 5.88.